The Morgan fingerprint density at radius 1 is 0.974 bits per heavy atom. The number of imidazole rings is 1. The van der Waals surface area contributed by atoms with E-state index in [-0.39, 0.29) is 0 Å². The van der Waals surface area contributed by atoms with Crippen LogP contribution in [0.4, 0.5) is 0 Å². The lowest BCUT2D eigenvalue weighted by molar-refractivity contribution is 0.0364. The summed E-state index contributed by atoms with van der Waals surface area (Å²) in [4.78, 5) is 9.80. The highest BCUT2D eigenvalue weighted by molar-refractivity contribution is 5.83. The zero-order valence-electron chi connectivity index (χ0n) is 23.8. The molecule has 2 aromatic heterocycles. The summed E-state index contributed by atoms with van der Waals surface area (Å²) in [5.74, 6) is 2.89. The van der Waals surface area contributed by atoms with Gasteiger partial charge in [0, 0.05) is 44.7 Å². The zero-order chi connectivity index (χ0) is 27.2. The first-order valence-electron chi connectivity index (χ1n) is 14.1. The zero-order valence-corrected chi connectivity index (χ0v) is 23.8. The molecule has 1 saturated heterocycles. The third-order valence-corrected chi connectivity index (χ3v) is 7.47. The quantitative estimate of drug-likeness (QED) is 0.244. The van der Waals surface area contributed by atoms with Crippen LogP contribution in [0.5, 0.6) is 5.75 Å². The minimum absolute atomic E-state index is 0.737. The van der Waals surface area contributed by atoms with Gasteiger partial charge >= 0.3 is 0 Å². The molecule has 0 saturated carbocycles. The van der Waals surface area contributed by atoms with Crippen molar-refractivity contribution in [1.29, 1.82) is 0 Å². The van der Waals surface area contributed by atoms with Gasteiger partial charge in [0.2, 0.25) is 0 Å². The van der Waals surface area contributed by atoms with E-state index in [9.17, 15) is 0 Å². The number of hydrogen-bond acceptors (Lipinski definition) is 7. The number of nitrogens with zero attached hydrogens (tertiary/aromatic N) is 5. The van der Waals surface area contributed by atoms with E-state index >= 15 is 0 Å². The molecule has 0 aliphatic carbocycles. The van der Waals surface area contributed by atoms with Gasteiger partial charge in [-0.05, 0) is 76.2 Å². The molecule has 8 heteroatoms. The van der Waals surface area contributed by atoms with Crippen LogP contribution in [0, 0.1) is 13.8 Å². The number of hydrogen-bond donors (Lipinski definition) is 0. The average Bonchev–Trinajstić information content (AvgIpc) is 3.47. The number of fused-ring (bicyclic) bond motifs is 1. The van der Waals surface area contributed by atoms with Crippen LogP contribution in [0.3, 0.4) is 0 Å². The summed E-state index contributed by atoms with van der Waals surface area (Å²) in [5.41, 5.74) is 6.55. The standard InChI is InChI=1S/C31H41N5O3/c1-23-31(24(2)39-33-23)26-9-12-29-28(22-26)32-30(36(29)16-15-35-17-20-37-21-18-35)13-8-25-6-10-27(11-7-25)38-19-5-14-34(3)4/h6-7,9-12,22H,5,8,13-21H2,1-4H3. The van der Waals surface area contributed by atoms with Crippen LogP contribution in [-0.2, 0) is 24.1 Å². The van der Waals surface area contributed by atoms with E-state index in [0.717, 1.165) is 111 Å². The number of aryl methyl sites for hydroxylation is 4. The Labute approximate surface area is 231 Å². The average molecular weight is 532 g/mol. The molecule has 0 bridgehead atoms. The lowest BCUT2D eigenvalue weighted by Gasteiger charge is -2.27. The summed E-state index contributed by atoms with van der Waals surface area (Å²) in [6.45, 7) is 11.2. The Hall–Kier alpha value is -3.20. The van der Waals surface area contributed by atoms with Crippen molar-refractivity contribution in [3.8, 4) is 16.9 Å². The normalized spacial score (nSPS) is 14.5. The molecule has 0 N–H and O–H groups in total. The van der Waals surface area contributed by atoms with Gasteiger partial charge in [0.25, 0.3) is 0 Å². The van der Waals surface area contributed by atoms with Crippen LogP contribution in [0.25, 0.3) is 22.2 Å². The Morgan fingerprint density at radius 2 is 1.77 bits per heavy atom. The van der Waals surface area contributed by atoms with Crippen LogP contribution < -0.4 is 4.74 Å². The van der Waals surface area contributed by atoms with Crippen molar-refractivity contribution in [2.45, 2.75) is 39.7 Å². The summed E-state index contributed by atoms with van der Waals surface area (Å²) >= 11 is 0. The summed E-state index contributed by atoms with van der Waals surface area (Å²) in [5, 5.41) is 4.15. The van der Waals surface area contributed by atoms with Gasteiger partial charge in [-0.1, -0.05) is 23.4 Å². The minimum Gasteiger partial charge on any atom is -0.494 e. The fourth-order valence-corrected chi connectivity index (χ4v) is 5.32. The summed E-state index contributed by atoms with van der Waals surface area (Å²) in [6, 6.07) is 15.1. The third kappa shape index (κ3) is 6.87. The maximum atomic E-state index is 5.91. The van der Waals surface area contributed by atoms with Crippen LogP contribution in [0.2, 0.25) is 0 Å². The molecular weight excluding hydrogens is 490 g/mol. The van der Waals surface area contributed by atoms with Gasteiger partial charge in [0.05, 0.1) is 36.5 Å². The topological polar surface area (TPSA) is 68.8 Å². The molecular formula is C31H41N5O3. The highest BCUT2D eigenvalue weighted by atomic mass is 16.5. The second-order valence-electron chi connectivity index (χ2n) is 10.7. The van der Waals surface area contributed by atoms with Crippen molar-refractivity contribution in [1.82, 2.24) is 24.5 Å². The second kappa shape index (κ2) is 12.8. The fourth-order valence-electron chi connectivity index (χ4n) is 5.32. The lowest BCUT2D eigenvalue weighted by atomic mass is 10.0. The maximum absolute atomic E-state index is 5.91. The second-order valence-corrected chi connectivity index (χ2v) is 10.7. The highest BCUT2D eigenvalue weighted by Gasteiger charge is 2.17. The number of benzene rings is 2. The maximum Gasteiger partial charge on any atom is 0.141 e. The molecule has 39 heavy (non-hydrogen) atoms. The third-order valence-electron chi connectivity index (χ3n) is 7.47. The monoisotopic (exact) mass is 531 g/mol. The predicted octanol–water partition coefficient (Wildman–Crippen LogP) is 4.76. The van der Waals surface area contributed by atoms with Gasteiger partial charge in [-0.2, -0.15) is 0 Å². The van der Waals surface area contributed by atoms with Crippen LogP contribution >= 0.6 is 0 Å². The minimum atomic E-state index is 0.737. The molecule has 5 rings (SSSR count). The smallest absolute Gasteiger partial charge is 0.141 e. The SMILES string of the molecule is Cc1noc(C)c1-c1ccc2c(c1)nc(CCc1ccc(OCCCN(C)C)cc1)n2CCN1CCOCC1. The molecule has 2 aromatic carbocycles. The van der Waals surface area contributed by atoms with Crippen molar-refractivity contribution in [3.05, 3.63) is 65.3 Å². The van der Waals surface area contributed by atoms with E-state index in [4.69, 9.17) is 19.0 Å². The summed E-state index contributed by atoms with van der Waals surface area (Å²) < 4.78 is 19.3. The molecule has 8 nitrogen and oxygen atoms in total. The van der Waals surface area contributed by atoms with Crippen LogP contribution in [-0.4, -0.2) is 84.6 Å². The van der Waals surface area contributed by atoms with E-state index < -0.39 is 0 Å². The van der Waals surface area contributed by atoms with Gasteiger partial charge in [0.15, 0.2) is 0 Å². The molecule has 0 unspecified atom stereocenters. The number of ether oxygens (including phenoxy) is 2. The number of aromatic nitrogens is 3. The number of rotatable bonds is 12. The van der Waals surface area contributed by atoms with E-state index in [1.54, 1.807) is 0 Å². The molecule has 208 valence electrons. The molecule has 0 radical (unpaired) electrons. The van der Waals surface area contributed by atoms with Crippen LogP contribution in [0.1, 0.15) is 29.3 Å². The Balaban J connectivity index is 1.32. The van der Waals surface area contributed by atoms with E-state index in [1.165, 1.54) is 11.1 Å². The molecule has 4 aromatic rings. The van der Waals surface area contributed by atoms with Gasteiger partial charge in [-0.3, -0.25) is 4.90 Å². The fraction of sp³-hybridized carbons (Fsp3) is 0.484. The first-order chi connectivity index (χ1) is 19.0. The summed E-state index contributed by atoms with van der Waals surface area (Å²) in [7, 11) is 4.17. The van der Waals surface area contributed by atoms with Crippen molar-refractivity contribution in [2.24, 2.45) is 0 Å². The van der Waals surface area contributed by atoms with Crippen molar-refractivity contribution >= 4 is 11.0 Å². The van der Waals surface area contributed by atoms with E-state index in [2.05, 4.69) is 76.1 Å². The Bertz CT molecular complexity index is 1330. The molecule has 0 atom stereocenters. The van der Waals surface area contributed by atoms with E-state index in [0.29, 0.717) is 0 Å². The molecule has 0 spiro atoms. The van der Waals surface area contributed by atoms with Gasteiger partial charge in [-0.15, -0.1) is 0 Å². The molecule has 1 fully saturated rings. The van der Waals surface area contributed by atoms with Crippen LogP contribution in [0.15, 0.2) is 47.0 Å². The van der Waals surface area contributed by atoms with Crippen molar-refractivity contribution in [2.75, 3.05) is 60.1 Å². The molecule has 1 aliphatic rings. The first-order valence-corrected chi connectivity index (χ1v) is 14.1. The number of morpholine rings is 1. The first kappa shape index (κ1) is 27.4. The molecule has 3 heterocycles. The summed E-state index contributed by atoms with van der Waals surface area (Å²) in [6.07, 6.45) is 2.83. The largest absolute Gasteiger partial charge is 0.494 e. The van der Waals surface area contributed by atoms with Crippen molar-refractivity contribution in [3.63, 3.8) is 0 Å². The van der Waals surface area contributed by atoms with Gasteiger partial charge in [-0.25, -0.2) is 4.98 Å². The highest BCUT2D eigenvalue weighted by Crippen LogP contribution is 2.30. The lowest BCUT2D eigenvalue weighted by Crippen LogP contribution is -2.38. The van der Waals surface area contributed by atoms with E-state index in [1.807, 2.05) is 13.8 Å². The Morgan fingerprint density at radius 3 is 2.49 bits per heavy atom. The van der Waals surface area contributed by atoms with Gasteiger partial charge < -0.3 is 23.5 Å². The predicted molar refractivity (Wildman–Crippen MR) is 154 cm³/mol. The van der Waals surface area contributed by atoms with Crippen molar-refractivity contribution < 1.29 is 14.0 Å². The van der Waals surface area contributed by atoms with Gasteiger partial charge in [0.1, 0.15) is 17.3 Å². The molecule has 0 amide bonds. The molecule has 1 aliphatic heterocycles. The Kier molecular flexibility index (Phi) is 8.96.